The summed E-state index contributed by atoms with van der Waals surface area (Å²) in [5.41, 5.74) is 7.57. The third-order valence-electron chi connectivity index (χ3n) is 3.79. The zero-order chi connectivity index (χ0) is 14.9. The van der Waals surface area contributed by atoms with Crippen molar-refractivity contribution in [3.05, 3.63) is 30.2 Å². The molecule has 0 amide bonds. The summed E-state index contributed by atoms with van der Waals surface area (Å²) in [6.07, 6.45) is 12.8. The van der Waals surface area contributed by atoms with Crippen molar-refractivity contribution >= 4 is 5.65 Å². The monoisotopic (exact) mass is 289 g/mol. The lowest BCUT2D eigenvalue weighted by Gasteiger charge is -2.08. The molecule has 4 heteroatoms. The van der Waals surface area contributed by atoms with Crippen LogP contribution in [0.1, 0.15) is 57.6 Å². The minimum Gasteiger partial charge on any atom is -0.490 e. The van der Waals surface area contributed by atoms with Crippen LogP contribution in [0.5, 0.6) is 5.75 Å². The first-order valence-electron chi connectivity index (χ1n) is 8.14. The third kappa shape index (κ3) is 4.46. The first kappa shape index (κ1) is 15.8. The molecule has 2 aromatic rings. The maximum absolute atomic E-state index is 5.88. The van der Waals surface area contributed by atoms with Crippen molar-refractivity contribution in [1.29, 1.82) is 0 Å². The van der Waals surface area contributed by atoms with E-state index in [9.17, 15) is 0 Å². The molecule has 0 aromatic carbocycles. The van der Waals surface area contributed by atoms with Crippen LogP contribution in [0.3, 0.4) is 0 Å². The molecule has 0 radical (unpaired) electrons. The minimum atomic E-state index is 0.488. The molecule has 21 heavy (non-hydrogen) atoms. The fourth-order valence-electron chi connectivity index (χ4n) is 2.54. The van der Waals surface area contributed by atoms with E-state index in [0.29, 0.717) is 6.54 Å². The summed E-state index contributed by atoms with van der Waals surface area (Å²) < 4.78 is 7.88. The molecule has 0 saturated carbocycles. The average Bonchev–Trinajstić information content (AvgIpc) is 2.94. The van der Waals surface area contributed by atoms with E-state index in [0.717, 1.165) is 30.1 Å². The lowest BCUT2D eigenvalue weighted by atomic mass is 10.1. The van der Waals surface area contributed by atoms with E-state index in [-0.39, 0.29) is 0 Å². The topological polar surface area (TPSA) is 52.5 Å². The average molecular weight is 289 g/mol. The van der Waals surface area contributed by atoms with Crippen LogP contribution in [0.2, 0.25) is 0 Å². The second-order valence-corrected chi connectivity index (χ2v) is 5.49. The largest absolute Gasteiger partial charge is 0.490 e. The lowest BCUT2D eigenvalue weighted by Crippen LogP contribution is -2.02. The smallest absolute Gasteiger partial charge is 0.179 e. The zero-order valence-electron chi connectivity index (χ0n) is 13.1. The normalized spacial score (nSPS) is 11.1. The summed E-state index contributed by atoms with van der Waals surface area (Å²) in [6, 6.07) is 3.96. The molecule has 0 aliphatic rings. The number of hydrogen-bond donors (Lipinski definition) is 1. The van der Waals surface area contributed by atoms with Gasteiger partial charge in [0, 0.05) is 12.7 Å². The highest BCUT2D eigenvalue weighted by molar-refractivity contribution is 5.54. The summed E-state index contributed by atoms with van der Waals surface area (Å²) in [5.74, 6) is 0.850. The first-order chi connectivity index (χ1) is 10.4. The Morgan fingerprint density at radius 3 is 2.67 bits per heavy atom. The molecule has 0 aliphatic carbocycles. The molecule has 2 aromatic heterocycles. The van der Waals surface area contributed by atoms with Crippen molar-refractivity contribution in [2.24, 2.45) is 5.73 Å². The SMILES string of the molecule is CCCCCCCCCOc1cccn2c(CN)cnc12. The first-order valence-corrected chi connectivity index (χ1v) is 8.14. The second-order valence-electron chi connectivity index (χ2n) is 5.49. The number of fused-ring (bicyclic) bond motifs is 1. The minimum absolute atomic E-state index is 0.488. The van der Waals surface area contributed by atoms with Crippen molar-refractivity contribution in [3.63, 3.8) is 0 Å². The highest BCUT2D eigenvalue weighted by atomic mass is 16.5. The van der Waals surface area contributed by atoms with Gasteiger partial charge in [-0.1, -0.05) is 45.4 Å². The molecule has 4 nitrogen and oxygen atoms in total. The van der Waals surface area contributed by atoms with Gasteiger partial charge in [0.05, 0.1) is 18.5 Å². The molecule has 0 bridgehead atoms. The summed E-state index contributed by atoms with van der Waals surface area (Å²) in [5, 5.41) is 0. The number of pyridine rings is 1. The number of nitrogens with zero attached hydrogens (tertiary/aromatic N) is 2. The highest BCUT2D eigenvalue weighted by Gasteiger charge is 2.06. The number of unbranched alkanes of at least 4 members (excludes halogenated alkanes) is 6. The predicted molar refractivity (Wildman–Crippen MR) is 86.6 cm³/mol. The molecular formula is C17H27N3O. The Labute approximate surface area is 127 Å². The number of imidazole rings is 1. The van der Waals surface area contributed by atoms with Gasteiger partial charge in [-0.3, -0.25) is 4.40 Å². The van der Waals surface area contributed by atoms with Crippen LogP contribution in [-0.4, -0.2) is 16.0 Å². The Kier molecular flexibility index (Phi) is 6.54. The van der Waals surface area contributed by atoms with Gasteiger partial charge in [0.15, 0.2) is 11.4 Å². The Morgan fingerprint density at radius 1 is 1.14 bits per heavy atom. The summed E-state index contributed by atoms with van der Waals surface area (Å²) in [4.78, 5) is 4.40. The lowest BCUT2D eigenvalue weighted by molar-refractivity contribution is 0.306. The number of nitrogens with two attached hydrogens (primary N) is 1. The molecule has 0 spiro atoms. The molecule has 0 aliphatic heterocycles. The number of rotatable bonds is 10. The standard InChI is InChI=1S/C17H27N3O/c1-2-3-4-5-6-7-8-12-21-16-10-9-11-20-15(13-18)14-19-17(16)20/h9-11,14H,2-8,12-13,18H2,1H3. The van der Waals surface area contributed by atoms with Crippen molar-refractivity contribution in [1.82, 2.24) is 9.38 Å². The van der Waals surface area contributed by atoms with E-state index in [4.69, 9.17) is 10.5 Å². The van der Waals surface area contributed by atoms with Gasteiger partial charge in [-0.15, -0.1) is 0 Å². The Balaban J connectivity index is 1.75. The second kappa shape index (κ2) is 8.67. The maximum Gasteiger partial charge on any atom is 0.179 e. The molecule has 0 atom stereocenters. The number of hydrogen-bond acceptors (Lipinski definition) is 3. The Morgan fingerprint density at radius 2 is 1.90 bits per heavy atom. The van der Waals surface area contributed by atoms with Crippen LogP contribution in [0.4, 0.5) is 0 Å². The molecule has 2 heterocycles. The number of ether oxygens (including phenoxy) is 1. The molecule has 0 unspecified atom stereocenters. The maximum atomic E-state index is 5.88. The van der Waals surface area contributed by atoms with Crippen molar-refractivity contribution in [2.75, 3.05) is 6.61 Å². The van der Waals surface area contributed by atoms with E-state index in [1.165, 1.54) is 38.5 Å². The van der Waals surface area contributed by atoms with E-state index in [1.54, 1.807) is 0 Å². The quantitative estimate of drug-likeness (QED) is 0.674. The third-order valence-corrected chi connectivity index (χ3v) is 3.79. The van der Waals surface area contributed by atoms with Crippen LogP contribution in [0.25, 0.3) is 5.65 Å². The van der Waals surface area contributed by atoms with Crippen LogP contribution in [0.15, 0.2) is 24.5 Å². The molecule has 2 N–H and O–H groups in total. The predicted octanol–water partition coefficient (Wildman–Crippen LogP) is 3.92. The van der Waals surface area contributed by atoms with Crippen LogP contribution >= 0.6 is 0 Å². The van der Waals surface area contributed by atoms with E-state index >= 15 is 0 Å². The van der Waals surface area contributed by atoms with Crippen LogP contribution in [-0.2, 0) is 6.54 Å². The van der Waals surface area contributed by atoms with Crippen LogP contribution in [0, 0.1) is 0 Å². The van der Waals surface area contributed by atoms with Crippen molar-refractivity contribution in [3.8, 4) is 5.75 Å². The fourth-order valence-corrected chi connectivity index (χ4v) is 2.54. The molecule has 2 rings (SSSR count). The Hall–Kier alpha value is -1.55. The molecule has 116 valence electrons. The van der Waals surface area contributed by atoms with Gasteiger partial charge in [-0.2, -0.15) is 0 Å². The highest BCUT2D eigenvalue weighted by Crippen LogP contribution is 2.20. The Bertz CT molecular complexity index is 536. The fraction of sp³-hybridized carbons (Fsp3) is 0.588. The van der Waals surface area contributed by atoms with Crippen molar-refractivity contribution < 1.29 is 4.74 Å². The molecular weight excluding hydrogens is 262 g/mol. The zero-order valence-corrected chi connectivity index (χ0v) is 13.1. The van der Waals surface area contributed by atoms with E-state index in [1.807, 2.05) is 28.9 Å². The number of aromatic nitrogens is 2. The molecule has 0 fully saturated rings. The van der Waals surface area contributed by atoms with Gasteiger partial charge in [0.1, 0.15) is 0 Å². The summed E-state index contributed by atoms with van der Waals surface area (Å²) in [7, 11) is 0. The summed E-state index contributed by atoms with van der Waals surface area (Å²) >= 11 is 0. The van der Waals surface area contributed by atoms with Gasteiger partial charge in [0.25, 0.3) is 0 Å². The van der Waals surface area contributed by atoms with Crippen molar-refractivity contribution in [2.45, 2.75) is 58.4 Å². The van der Waals surface area contributed by atoms with E-state index in [2.05, 4.69) is 11.9 Å². The van der Waals surface area contributed by atoms with Gasteiger partial charge in [-0.05, 0) is 18.6 Å². The summed E-state index contributed by atoms with van der Waals surface area (Å²) in [6.45, 7) is 3.50. The van der Waals surface area contributed by atoms with Gasteiger partial charge < -0.3 is 10.5 Å². The van der Waals surface area contributed by atoms with Gasteiger partial charge in [-0.25, -0.2) is 4.98 Å². The molecule has 0 saturated heterocycles. The van der Waals surface area contributed by atoms with E-state index < -0.39 is 0 Å². The van der Waals surface area contributed by atoms with Crippen LogP contribution < -0.4 is 10.5 Å². The van der Waals surface area contributed by atoms with Gasteiger partial charge >= 0.3 is 0 Å². The van der Waals surface area contributed by atoms with Gasteiger partial charge in [0.2, 0.25) is 0 Å².